The fourth-order valence-electron chi connectivity index (χ4n) is 1.73. The fraction of sp³-hybridized carbons (Fsp3) is 0.154. The molecular formula is C13H13N3O2S2. The Morgan fingerprint density at radius 1 is 1.40 bits per heavy atom. The Morgan fingerprint density at radius 3 is 2.75 bits per heavy atom. The molecule has 0 bridgehead atoms. The number of nitrogens with zero attached hydrogens (tertiary/aromatic N) is 2. The molecule has 0 unspecified atom stereocenters. The molecule has 1 aromatic carbocycles. The van der Waals surface area contributed by atoms with Gasteiger partial charge in [0.15, 0.2) is 0 Å². The second kappa shape index (κ2) is 5.63. The van der Waals surface area contributed by atoms with Crippen LogP contribution >= 0.6 is 11.3 Å². The van der Waals surface area contributed by atoms with Gasteiger partial charge in [-0.15, -0.1) is 11.3 Å². The average molecular weight is 307 g/mol. The zero-order valence-electron chi connectivity index (χ0n) is 10.8. The lowest BCUT2D eigenvalue weighted by atomic mass is 10.2. The molecule has 0 saturated carbocycles. The minimum atomic E-state index is -3.71. The maximum atomic E-state index is 12.5. The van der Waals surface area contributed by atoms with Gasteiger partial charge in [0, 0.05) is 24.2 Å². The average Bonchev–Trinajstić information content (AvgIpc) is 2.91. The molecule has 104 valence electrons. The largest absolute Gasteiger partial charge is 0.399 e. The molecular weight excluding hydrogens is 294 g/mol. The van der Waals surface area contributed by atoms with E-state index in [1.54, 1.807) is 0 Å². The summed E-state index contributed by atoms with van der Waals surface area (Å²) in [4.78, 5) is 0.915. The van der Waals surface area contributed by atoms with Gasteiger partial charge in [0.1, 0.15) is 11.0 Å². The molecule has 0 aliphatic carbocycles. The highest BCUT2D eigenvalue weighted by atomic mass is 32.2. The van der Waals surface area contributed by atoms with Crippen molar-refractivity contribution in [2.45, 2.75) is 11.4 Å². The predicted molar refractivity (Wildman–Crippen MR) is 78.5 cm³/mol. The van der Waals surface area contributed by atoms with E-state index in [2.05, 4.69) is 0 Å². The van der Waals surface area contributed by atoms with Crippen LogP contribution in [0.15, 0.2) is 40.6 Å². The molecule has 0 fully saturated rings. The van der Waals surface area contributed by atoms with Crippen molar-refractivity contribution in [2.24, 2.45) is 0 Å². The lowest BCUT2D eigenvalue weighted by molar-refractivity contribution is 0.469. The first-order valence-electron chi connectivity index (χ1n) is 5.73. The summed E-state index contributed by atoms with van der Waals surface area (Å²) in [6.45, 7) is 0.273. The van der Waals surface area contributed by atoms with Crippen LogP contribution in [0.5, 0.6) is 0 Å². The molecule has 0 aliphatic heterocycles. The molecule has 0 spiro atoms. The van der Waals surface area contributed by atoms with Gasteiger partial charge in [0.2, 0.25) is 10.0 Å². The highest BCUT2D eigenvalue weighted by Crippen LogP contribution is 2.23. The number of rotatable bonds is 4. The van der Waals surface area contributed by atoms with Crippen LogP contribution < -0.4 is 5.73 Å². The van der Waals surface area contributed by atoms with E-state index in [0.717, 1.165) is 4.88 Å². The van der Waals surface area contributed by atoms with Gasteiger partial charge in [-0.1, -0.05) is 6.07 Å². The summed E-state index contributed by atoms with van der Waals surface area (Å²) < 4.78 is 26.2. The van der Waals surface area contributed by atoms with Crippen molar-refractivity contribution in [1.29, 1.82) is 5.26 Å². The lowest BCUT2D eigenvalue weighted by Gasteiger charge is -2.17. The van der Waals surface area contributed by atoms with Crippen molar-refractivity contribution in [3.8, 4) is 6.07 Å². The Labute approximate surface area is 121 Å². The quantitative estimate of drug-likeness (QED) is 0.875. The van der Waals surface area contributed by atoms with E-state index in [9.17, 15) is 8.42 Å². The molecule has 5 nitrogen and oxygen atoms in total. The molecule has 20 heavy (non-hydrogen) atoms. The van der Waals surface area contributed by atoms with Crippen LogP contribution in [0.2, 0.25) is 0 Å². The Hall–Kier alpha value is -1.88. The zero-order valence-corrected chi connectivity index (χ0v) is 12.4. The van der Waals surface area contributed by atoms with E-state index in [4.69, 9.17) is 11.0 Å². The SMILES string of the molecule is CN(Cc1cccs1)S(=O)(=O)c1ccc(N)cc1C#N. The van der Waals surface area contributed by atoms with Crippen molar-refractivity contribution in [2.75, 3.05) is 12.8 Å². The smallest absolute Gasteiger partial charge is 0.244 e. The maximum absolute atomic E-state index is 12.5. The van der Waals surface area contributed by atoms with Gasteiger partial charge in [-0.05, 0) is 29.6 Å². The minimum Gasteiger partial charge on any atom is -0.399 e. The third-order valence-electron chi connectivity index (χ3n) is 2.77. The summed E-state index contributed by atoms with van der Waals surface area (Å²) >= 11 is 1.48. The standard InChI is InChI=1S/C13H13N3O2S2/c1-16(9-12-3-2-6-19-12)20(17,18)13-5-4-11(15)7-10(13)8-14/h2-7H,9,15H2,1H3. The second-order valence-corrected chi connectivity index (χ2v) is 7.25. The van der Waals surface area contributed by atoms with Gasteiger partial charge in [0.25, 0.3) is 0 Å². The third kappa shape index (κ3) is 2.82. The van der Waals surface area contributed by atoms with Crippen molar-refractivity contribution in [1.82, 2.24) is 4.31 Å². The number of anilines is 1. The van der Waals surface area contributed by atoms with Gasteiger partial charge in [-0.2, -0.15) is 9.57 Å². The number of hydrogen-bond donors (Lipinski definition) is 1. The molecule has 0 radical (unpaired) electrons. The summed E-state index contributed by atoms with van der Waals surface area (Å²) in [7, 11) is -2.22. The number of nitrogen functional groups attached to an aromatic ring is 1. The van der Waals surface area contributed by atoms with Crippen LogP contribution in [0.1, 0.15) is 10.4 Å². The summed E-state index contributed by atoms with van der Waals surface area (Å²) in [5, 5.41) is 10.9. The number of nitriles is 1. The maximum Gasteiger partial charge on any atom is 0.244 e. The number of benzene rings is 1. The van der Waals surface area contributed by atoms with E-state index in [-0.39, 0.29) is 17.0 Å². The normalized spacial score (nSPS) is 11.4. The molecule has 2 rings (SSSR count). The first-order valence-corrected chi connectivity index (χ1v) is 8.05. The first kappa shape index (κ1) is 14.5. The molecule has 2 N–H and O–H groups in total. The molecule has 7 heteroatoms. The van der Waals surface area contributed by atoms with Crippen LogP contribution in [0.4, 0.5) is 5.69 Å². The number of thiophene rings is 1. The molecule has 0 atom stereocenters. The Kier molecular flexibility index (Phi) is 4.09. The van der Waals surface area contributed by atoms with Crippen LogP contribution in [0, 0.1) is 11.3 Å². The Balaban J connectivity index is 2.38. The Morgan fingerprint density at radius 2 is 2.15 bits per heavy atom. The molecule has 1 heterocycles. The van der Waals surface area contributed by atoms with Crippen LogP contribution in [0.25, 0.3) is 0 Å². The monoisotopic (exact) mass is 307 g/mol. The van der Waals surface area contributed by atoms with Crippen LogP contribution in [-0.4, -0.2) is 19.8 Å². The van der Waals surface area contributed by atoms with Gasteiger partial charge in [-0.3, -0.25) is 0 Å². The van der Waals surface area contributed by atoms with Crippen LogP contribution in [-0.2, 0) is 16.6 Å². The predicted octanol–water partition coefficient (Wildman–Crippen LogP) is 2.02. The second-order valence-electron chi connectivity index (χ2n) is 4.21. The highest BCUT2D eigenvalue weighted by Gasteiger charge is 2.24. The third-order valence-corrected chi connectivity index (χ3v) is 5.49. The molecule has 0 amide bonds. The van der Waals surface area contributed by atoms with Gasteiger partial charge in [0.05, 0.1) is 5.56 Å². The number of nitrogens with two attached hydrogens (primary N) is 1. The van der Waals surface area contributed by atoms with Gasteiger partial charge < -0.3 is 5.73 Å². The minimum absolute atomic E-state index is 0.0201. The van der Waals surface area contributed by atoms with Crippen molar-refractivity contribution in [3.63, 3.8) is 0 Å². The summed E-state index contributed by atoms with van der Waals surface area (Å²) in [6.07, 6.45) is 0. The summed E-state index contributed by atoms with van der Waals surface area (Å²) in [5.41, 5.74) is 6.00. The Bertz CT molecular complexity index is 746. The topological polar surface area (TPSA) is 87.2 Å². The first-order chi connectivity index (χ1) is 9.45. The fourth-order valence-corrected chi connectivity index (χ4v) is 3.84. The van der Waals surface area contributed by atoms with Gasteiger partial charge in [-0.25, -0.2) is 8.42 Å². The molecule has 0 aliphatic rings. The van der Waals surface area contributed by atoms with Crippen molar-refractivity contribution >= 4 is 27.0 Å². The van der Waals surface area contributed by atoms with E-state index in [1.807, 2.05) is 23.6 Å². The summed E-state index contributed by atoms with van der Waals surface area (Å²) in [5.74, 6) is 0. The van der Waals surface area contributed by atoms with E-state index < -0.39 is 10.0 Å². The van der Waals surface area contributed by atoms with E-state index >= 15 is 0 Å². The van der Waals surface area contributed by atoms with Gasteiger partial charge >= 0.3 is 0 Å². The highest BCUT2D eigenvalue weighted by molar-refractivity contribution is 7.89. The van der Waals surface area contributed by atoms with Crippen molar-refractivity contribution in [3.05, 3.63) is 46.2 Å². The number of hydrogen-bond acceptors (Lipinski definition) is 5. The summed E-state index contributed by atoms with van der Waals surface area (Å²) in [6, 6.07) is 9.82. The molecule has 1 aromatic heterocycles. The number of sulfonamides is 1. The lowest BCUT2D eigenvalue weighted by Crippen LogP contribution is -2.26. The van der Waals surface area contributed by atoms with Crippen LogP contribution in [0.3, 0.4) is 0 Å². The van der Waals surface area contributed by atoms with E-state index in [1.165, 1.54) is 40.9 Å². The van der Waals surface area contributed by atoms with E-state index in [0.29, 0.717) is 5.69 Å². The molecule has 2 aromatic rings. The molecule has 0 saturated heterocycles. The zero-order chi connectivity index (χ0) is 14.8. The van der Waals surface area contributed by atoms with Crippen molar-refractivity contribution < 1.29 is 8.42 Å².